The molecular weight excluding hydrogens is 546 g/mol. The highest BCUT2D eigenvalue weighted by Gasteiger charge is 2.75. The number of hydrogen-bond donors (Lipinski definition) is 1. The molecule has 2 fully saturated rings. The van der Waals surface area contributed by atoms with E-state index >= 15 is 0 Å². The number of hydrogen-bond acceptors (Lipinski definition) is 6. The van der Waals surface area contributed by atoms with Crippen LogP contribution in [0.5, 0.6) is 5.75 Å². The highest BCUT2D eigenvalue weighted by atomic mass is 16.5. The van der Waals surface area contributed by atoms with Crippen molar-refractivity contribution >= 4 is 29.1 Å². The number of carbonyl (C=O) groups excluding carboxylic acids is 3. The lowest BCUT2D eigenvalue weighted by atomic mass is 9.74. The predicted molar refractivity (Wildman–Crippen MR) is 163 cm³/mol. The van der Waals surface area contributed by atoms with Crippen LogP contribution in [0.2, 0.25) is 0 Å². The molecule has 1 N–H and O–H groups in total. The average Bonchev–Trinajstić information content (AvgIpc) is 3.26. The highest BCUT2D eigenvalue weighted by Crippen LogP contribution is 2.58. The Morgan fingerprint density at radius 1 is 0.953 bits per heavy atom. The van der Waals surface area contributed by atoms with Crippen molar-refractivity contribution in [3.05, 3.63) is 77.9 Å². The van der Waals surface area contributed by atoms with E-state index in [9.17, 15) is 19.5 Å². The predicted octanol–water partition coefficient (Wildman–Crippen LogP) is 3.56. The van der Waals surface area contributed by atoms with E-state index in [1.807, 2.05) is 94.5 Å². The number of carbonyl (C=O) groups is 3. The lowest BCUT2D eigenvalue weighted by Crippen LogP contribution is -2.58. The molecule has 2 aromatic rings. The van der Waals surface area contributed by atoms with Crippen molar-refractivity contribution in [2.75, 3.05) is 36.1 Å². The fourth-order valence-corrected chi connectivity index (χ4v) is 7.37. The smallest absolute Gasteiger partial charge is 0.253 e. The van der Waals surface area contributed by atoms with E-state index in [1.54, 1.807) is 16.7 Å². The first kappa shape index (κ1) is 29.1. The van der Waals surface area contributed by atoms with Gasteiger partial charge in [0.05, 0.1) is 36.7 Å². The Hall–Kier alpha value is -3.95. The minimum Gasteiger partial charge on any atom is -0.494 e. The topological polar surface area (TPSA) is 99.6 Å². The number of nitrogens with zero attached hydrogens (tertiary/aromatic N) is 3. The molecule has 43 heavy (non-hydrogen) atoms. The summed E-state index contributed by atoms with van der Waals surface area (Å²) in [6.45, 7) is 10.2. The third kappa shape index (κ3) is 4.40. The third-order valence-electron chi connectivity index (χ3n) is 9.35. The molecule has 9 heteroatoms. The fourth-order valence-electron chi connectivity index (χ4n) is 7.37. The van der Waals surface area contributed by atoms with Crippen molar-refractivity contribution in [2.24, 2.45) is 11.8 Å². The average molecular weight is 586 g/mol. The summed E-state index contributed by atoms with van der Waals surface area (Å²) in [7, 11) is 0. The fraction of sp³-hybridized carbons (Fsp3) is 0.441. The molecule has 6 rings (SSSR count). The lowest BCUT2D eigenvalue weighted by Gasteiger charge is -2.39. The molecule has 2 saturated heterocycles. The summed E-state index contributed by atoms with van der Waals surface area (Å²) in [6.07, 6.45) is 7.47. The minimum atomic E-state index is -1.40. The molecule has 6 atom stereocenters. The zero-order valence-corrected chi connectivity index (χ0v) is 25.3. The zero-order valence-electron chi connectivity index (χ0n) is 25.3. The van der Waals surface area contributed by atoms with E-state index in [0.717, 1.165) is 16.8 Å². The number of rotatable bonds is 6. The van der Waals surface area contributed by atoms with Crippen LogP contribution in [0.3, 0.4) is 0 Å². The molecule has 1 spiro atoms. The summed E-state index contributed by atoms with van der Waals surface area (Å²) in [5.41, 5.74) is 0.845. The van der Waals surface area contributed by atoms with Gasteiger partial charge in [-0.15, -0.1) is 0 Å². The molecule has 4 aliphatic heterocycles. The van der Waals surface area contributed by atoms with Gasteiger partial charge in [0.1, 0.15) is 17.4 Å². The highest BCUT2D eigenvalue weighted by molar-refractivity contribution is 6.08. The van der Waals surface area contributed by atoms with Crippen molar-refractivity contribution in [1.29, 1.82) is 0 Å². The molecule has 0 aromatic heterocycles. The van der Waals surface area contributed by atoms with Crippen molar-refractivity contribution in [3.8, 4) is 5.75 Å². The quantitative estimate of drug-likeness (QED) is 0.521. The van der Waals surface area contributed by atoms with Crippen LogP contribution in [-0.4, -0.2) is 77.3 Å². The summed E-state index contributed by atoms with van der Waals surface area (Å²) in [4.78, 5) is 48.5. The lowest BCUT2D eigenvalue weighted by molar-refractivity contribution is -0.147. The third-order valence-corrected chi connectivity index (χ3v) is 9.35. The van der Waals surface area contributed by atoms with Crippen molar-refractivity contribution in [1.82, 2.24) is 4.90 Å². The van der Waals surface area contributed by atoms with Crippen LogP contribution in [0.4, 0.5) is 11.4 Å². The van der Waals surface area contributed by atoms with Gasteiger partial charge in [0, 0.05) is 24.5 Å². The Morgan fingerprint density at radius 3 is 2.35 bits per heavy atom. The first-order chi connectivity index (χ1) is 20.6. The second-order valence-corrected chi connectivity index (χ2v) is 12.2. The molecule has 9 nitrogen and oxygen atoms in total. The van der Waals surface area contributed by atoms with Gasteiger partial charge in [-0.05, 0) is 76.1 Å². The van der Waals surface area contributed by atoms with Crippen LogP contribution in [0.1, 0.15) is 31.9 Å². The number of aliphatic hydroxyl groups is 1. The zero-order chi connectivity index (χ0) is 30.7. The summed E-state index contributed by atoms with van der Waals surface area (Å²) >= 11 is 0. The molecule has 0 bridgehead atoms. The number of amides is 3. The number of anilines is 2. The van der Waals surface area contributed by atoms with Gasteiger partial charge in [0.15, 0.2) is 0 Å². The molecule has 3 amide bonds. The molecule has 4 heterocycles. The number of benzene rings is 2. The summed E-state index contributed by atoms with van der Waals surface area (Å²) in [5.74, 6) is -2.06. The maximum Gasteiger partial charge on any atom is 0.253 e. The van der Waals surface area contributed by atoms with Gasteiger partial charge in [0.2, 0.25) is 11.8 Å². The molecule has 226 valence electrons. The van der Waals surface area contributed by atoms with Crippen molar-refractivity contribution in [2.45, 2.75) is 57.9 Å². The molecule has 1 unspecified atom stereocenters. The van der Waals surface area contributed by atoms with Gasteiger partial charge in [0.25, 0.3) is 5.91 Å². The van der Waals surface area contributed by atoms with Gasteiger partial charge in [-0.1, -0.05) is 36.4 Å². The molecule has 0 saturated carbocycles. The van der Waals surface area contributed by atoms with E-state index in [0.29, 0.717) is 24.6 Å². The summed E-state index contributed by atoms with van der Waals surface area (Å²) < 4.78 is 12.5. The number of fused-ring (bicyclic) bond motifs is 2. The first-order valence-electron chi connectivity index (χ1n) is 15.0. The van der Waals surface area contributed by atoms with Crippen LogP contribution in [0.25, 0.3) is 0 Å². The summed E-state index contributed by atoms with van der Waals surface area (Å²) in [5, 5.41) is 10.2. The van der Waals surface area contributed by atoms with Crippen LogP contribution >= 0.6 is 0 Å². The van der Waals surface area contributed by atoms with Gasteiger partial charge in [-0.3, -0.25) is 14.4 Å². The Morgan fingerprint density at radius 2 is 1.65 bits per heavy atom. The van der Waals surface area contributed by atoms with Crippen LogP contribution in [-0.2, 0) is 19.1 Å². The van der Waals surface area contributed by atoms with E-state index in [2.05, 4.69) is 0 Å². The van der Waals surface area contributed by atoms with Crippen LogP contribution in [0.15, 0.2) is 66.8 Å². The standard InChI is InChI=1S/C34H39N3O6/c1-6-42-25-13-11-24(12-14-25)35-17-7-15-33(5)27(30(35)39)28-31(40)37(23(4)20-38)29-32(41)36(18-8-16-34(28,29)43-33)26-19-21(2)9-10-22(26)3/h7-16,19,23,27-29,38H,6,17-18,20H2,1-5H3/t23-,27+,28+,29?,33-,34+/m1/s1. The van der Waals surface area contributed by atoms with Gasteiger partial charge in [-0.25, -0.2) is 0 Å². The molecule has 4 aliphatic rings. The molecule has 2 aromatic carbocycles. The SMILES string of the molecule is CCOc1ccc(N2CC=C[C@@]3(C)O[C@]45C=CCN(c6cc(C)ccc6C)C(=O)C4N([C@H](C)CO)C(=O)[C@@H]5[C@H]3C2=O)cc1. The van der Waals surface area contributed by atoms with Gasteiger partial charge in [-0.2, -0.15) is 0 Å². The second-order valence-electron chi connectivity index (χ2n) is 12.2. The minimum absolute atomic E-state index is 0.249. The Bertz CT molecular complexity index is 1520. The first-order valence-corrected chi connectivity index (χ1v) is 15.0. The Labute approximate surface area is 252 Å². The maximum absolute atomic E-state index is 14.6. The number of aliphatic hydroxyl groups excluding tert-OH is 1. The van der Waals surface area contributed by atoms with Crippen molar-refractivity contribution in [3.63, 3.8) is 0 Å². The Kier molecular flexibility index (Phi) is 7.21. The Balaban J connectivity index is 1.46. The number of ether oxygens (including phenoxy) is 2. The second kappa shape index (κ2) is 10.6. The number of likely N-dealkylation sites (tertiary alicyclic amines) is 1. The number of aryl methyl sites for hydroxylation is 2. The maximum atomic E-state index is 14.6. The van der Waals surface area contributed by atoms with E-state index in [1.165, 1.54) is 4.90 Å². The van der Waals surface area contributed by atoms with Gasteiger partial charge >= 0.3 is 0 Å². The molecule has 0 radical (unpaired) electrons. The normalized spacial score (nSPS) is 30.6. The van der Waals surface area contributed by atoms with Crippen molar-refractivity contribution < 1.29 is 29.0 Å². The largest absolute Gasteiger partial charge is 0.494 e. The van der Waals surface area contributed by atoms with E-state index in [4.69, 9.17) is 9.47 Å². The summed E-state index contributed by atoms with van der Waals surface area (Å²) in [6, 6.07) is 11.5. The van der Waals surface area contributed by atoms with Crippen LogP contribution < -0.4 is 14.5 Å². The van der Waals surface area contributed by atoms with Crippen LogP contribution in [0, 0.1) is 25.7 Å². The van der Waals surface area contributed by atoms with Gasteiger partial charge < -0.3 is 29.3 Å². The monoisotopic (exact) mass is 585 g/mol. The van der Waals surface area contributed by atoms with E-state index < -0.39 is 35.1 Å². The van der Waals surface area contributed by atoms with E-state index in [-0.39, 0.29) is 30.9 Å². The molecule has 0 aliphatic carbocycles. The molecular formula is C34H39N3O6.